The lowest BCUT2D eigenvalue weighted by molar-refractivity contribution is -0.116. The Bertz CT molecular complexity index is 767. The Morgan fingerprint density at radius 2 is 1.78 bits per heavy atom. The molecule has 1 N–H and O–H groups in total. The van der Waals surface area contributed by atoms with Crippen molar-refractivity contribution in [2.75, 3.05) is 19.5 Å². The van der Waals surface area contributed by atoms with Crippen LogP contribution in [0.3, 0.4) is 0 Å². The maximum absolute atomic E-state index is 12.2. The first-order chi connectivity index (χ1) is 11.0. The zero-order valence-corrected chi connectivity index (χ0v) is 13.9. The molecule has 0 radical (unpaired) electrons. The Labute approximate surface area is 136 Å². The number of fused-ring (bicyclic) bond motifs is 1. The molecule has 1 unspecified atom stereocenters. The molecule has 2 aromatic carbocycles. The van der Waals surface area contributed by atoms with Crippen LogP contribution in [-0.2, 0) is 4.79 Å². The Morgan fingerprint density at radius 1 is 1.04 bits per heavy atom. The van der Waals surface area contributed by atoms with Gasteiger partial charge in [-0.2, -0.15) is 0 Å². The van der Waals surface area contributed by atoms with E-state index in [9.17, 15) is 4.79 Å². The molecule has 4 nitrogen and oxygen atoms in total. The highest BCUT2D eigenvalue weighted by atomic mass is 16.5. The molecule has 3 rings (SSSR count). The lowest BCUT2D eigenvalue weighted by Crippen LogP contribution is -2.24. The van der Waals surface area contributed by atoms with Gasteiger partial charge in [-0.3, -0.25) is 4.79 Å². The number of methoxy groups -OCH3 is 2. The van der Waals surface area contributed by atoms with Crippen molar-refractivity contribution in [1.82, 2.24) is 0 Å². The molecular weight excluding hydrogens is 290 g/mol. The van der Waals surface area contributed by atoms with Crippen molar-refractivity contribution in [3.63, 3.8) is 0 Å². The average molecular weight is 311 g/mol. The molecule has 0 fully saturated rings. The quantitative estimate of drug-likeness (QED) is 0.938. The topological polar surface area (TPSA) is 47.6 Å². The number of carbonyl (C=O) groups is 1. The predicted octanol–water partition coefficient (Wildman–Crippen LogP) is 3.79. The molecule has 0 saturated carbocycles. The summed E-state index contributed by atoms with van der Waals surface area (Å²) in [6.07, 6.45) is 0.402. The third kappa shape index (κ3) is 2.65. The van der Waals surface area contributed by atoms with Crippen LogP contribution in [0.25, 0.3) is 0 Å². The van der Waals surface area contributed by atoms with Gasteiger partial charge < -0.3 is 14.8 Å². The van der Waals surface area contributed by atoms with Crippen molar-refractivity contribution >= 4 is 11.6 Å². The highest BCUT2D eigenvalue weighted by molar-refractivity contribution is 5.95. The number of benzene rings is 2. The van der Waals surface area contributed by atoms with E-state index in [-0.39, 0.29) is 11.8 Å². The molecule has 0 aliphatic carbocycles. The summed E-state index contributed by atoms with van der Waals surface area (Å²) in [4.78, 5) is 12.2. The van der Waals surface area contributed by atoms with Crippen LogP contribution in [0.15, 0.2) is 30.3 Å². The summed E-state index contributed by atoms with van der Waals surface area (Å²) in [6.45, 7) is 4.14. The number of hydrogen-bond donors (Lipinski definition) is 1. The third-order valence-electron chi connectivity index (χ3n) is 4.51. The molecule has 1 heterocycles. The lowest BCUT2D eigenvalue weighted by atomic mass is 9.82. The summed E-state index contributed by atoms with van der Waals surface area (Å²) in [7, 11) is 3.25. The molecule has 2 aromatic rings. The molecule has 0 aromatic heterocycles. The van der Waals surface area contributed by atoms with Crippen LogP contribution in [0, 0.1) is 13.8 Å². The van der Waals surface area contributed by atoms with Crippen molar-refractivity contribution in [3.05, 3.63) is 52.6 Å². The first-order valence-electron chi connectivity index (χ1n) is 7.67. The smallest absolute Gasteiger partial charge is 0.225 e. The van der Waals surface area contributed by atoms with Crippen molar-refractivity contribution in [1.29, 1.82) is 0 Å². The Balaban J connectivity index is 2.19. The van der Waals surface area contributed by atoms with Gasteiger partial charge in [0.15, 0.2) is 11.5 Å². The number of anilines is 1. The van der Waals surface area contributed by atoms with Gasteiger partial charge in [-0.1, -0.05) is 18.2 Å². The van der Waals surface area contributed by atoms with Crippen LogP contribution < -0.4 is 14.8 Å². The molecule has 0 bridgehead atoms. The molecule has 1 aliphatic rings. The third-order valence-corrected chi connectivity index (χ3v) is 4.51. The summed E-state index contributed by atoms with van der Waals surface area (Å²) in [5.74, 6) is 1.36. The fraction of sp³-hybridized carbons (Fsp3) is 0.316. The van der Waals surface area contributed by atoms with Crippen LogP contribution in [-0.4, -0.2) is 20.1 Å². The number of aryl methyl sites for hydroxylation is 2. The monoisotopic (exact) mass is 311 g/mol. The zero-order valence-electron chi connectivity index (χ0n) is 13.9. The average Bonchev–Trinajstić information content (AvgIpc) is 2.54. The van der Waals surface area contributed by atoms with E-state index in [4.69, 9.17) is 9.47 Å². The number of hydrogen-bond acceptors (Lipinski definition) is 3. The van der Waals surface area contributed by atoms with Gasteiger partial charge in [-0.15, -0.1) is 0 Å². The molecule has 1 aliphatic heterocycles. The second-order valence-corrected chi connectivity index (χ2v) is 5.91. The number of carbonyl (C=O) groups excluding carboxylic acids is 1. The highest BCUT2D eigenvalue weighted by Crippen LogP contribution is 2.44. The van der Waals surface area contributed by atoms with Crippen molar-refractivity contribution in [2.24, 2.45) is 0 Å². The fourth-order valence-corrected chi connectivity index (χ4v) is 3.20. The minimum Gasteiger partial charge on any atom is -0.493 e. The van der Waals surface area contributed by atoms with E-state index in [0.29, 0.717) is 17.9 Å². The SMILES string of the molecule is COc1cccc(C2CC(=O)Nc3cc(C)c(C)cc32)c1OC. The molecular formula is C19H21NO3. The molecule has 0 spiro atoms. The molecule has 4 heteroatoms. The van der Waals surface area contributed by atoms with Crippen LogP contribution in [0.4, 0.5) is 5.69 Å². The van der Waals surface area contributed by atoms with Gasteiger partial charge in [0.2, 0.25) is 5.91 Å². The van der Waals surface area contributed by atoms with Gasteiger partial charge in [0, 0.05) is 23.6 Å². The summed E-state index contributed by atoms with van der Waals surface area (Å²) in [6, 6.07) is 10.0. The summed E-state index contributed by atoms with van der Waals surface area (Å²) in [5.41, 5.74) is 5.37. The van der Waals surface area contributed by atoms with Crippen LogP contribution >= 0.6 is 0 Å². The second-order valence-electron chi connectivity index (χ2n) is 5.91. The van der Waals surface area contributed by atoms with E-state index < -0.39 is 0 Å². The van der Waals surface area contributed by atoms with Gasteiger partial charge in [-0.05, 0) is 42.7 Å². The van der Waals surface area contributed by atoms with Gasteiger partial charge in [0.25, 0.3) is 0 Å². The maximum Gasteiger partial charge on any atom is 0.225 e. The van der Waals surface area contributed by atoms with E-state index in [1.807, 2.05) is 24.3 Å². The summed E-state index contributed by atoms with van der Waals surface area (Å²) >= 11 is 0. The molecule has 0 saturated heterocycles. The number of rotatable bonds is 3. The van der Waals surface area contributed by atoms with E-state index in [2.05, 4.69) is 25.2 Å². The maximum atomic E-state index is 12.2. The second kappa shape index (κ2) is 5.95. The largest absolute Gasteiger partial charge is 0.493 e. The van der Waals surface area contributed by atoms with Gasteiger partial charge in [-0.25, -0.2) is 0 Å². The highest BCUT2D eigenvalue weighted by Gasteiger charge is 2.30. The van der Waals surface area contributed by atoms with E-state index in [1.54, 1.807) is 14.2 Å². The molecule has 120 valence electrons. The number of ether oxygens (including phenoxy) is 2. The van der Waals surface area contributed by atoms with Gasteiger partial charge in [0.05, 0.1) is 14.2 Å². The minimum atomic E-state index is -0.0388. The van der Waals surface area contributed by atoms with Crippen LogP contribution in [0.5, 0.6) is 11.5 Å². The van der Waals surface area contributed by atoms with E-state index >= 15 is 0 Å². The van der Waals surface area contributed by atoms with Crippen molar-refractivity contribution in [2.45, 2.75) is 26.2 Å². The van der Waals surface area contributed by atoms with Crippen molar-refractivity contribution in [3.8, 4) is 11.5 Å². The number of para-hydroxylation sites is 1. The Morgan fingerprint density at radius 3 is 2.48 bits per heavy atom. The first kappa shape index (κ1) is 15.4. The summed E-state index contributed by atoms with van der Waals surface area (Å²) in [5, 5.41) is 2.98. The lowest BCUT2D eigenvalue weighted by Gasteiger charge is -2.28. The zero-order chi connectivity index (χ0) is 16.6. The van der Waals surface area contributed by atoms with Crippen LogP contribution in [0.2, 0.25) is 0 Å². The van der Waals surface area contributed by atoms with Gasteiger partial charge in [0.1, 0.15) is 0 Å². The van der Waals surface area contributed by atoms with Crippen LogP contribution in [0.1, 0.15) is 34.6 Å². The minimum absolute atomic E-state index is 0.0237. The number of nitrogens with one attached hydrogen (secondary N) is 1. The number of amides is 1. The Hall–Kier alpha value is -2.49. The molecule has 1 atom stereocenters. The van der Waals surface area contributed by atoms with E-state index in [0.717, 1.165) is 16.8 Å². The predicted molar refractivity (Wildman–Crippen MR) is 90.6 cm³/mol. The first-order valence-corrected chi connectivity index (χ1v) is 7.67. The molecule has 23 heavy (non-hydrogen) atoms. The van der Waals surface area contributed by atoms with Gasteiger partial charge >= 0.3 is 0 Å². The fourth-order valence-electron chi connectivity index (χ4n) is 3.20. The normalized spacial score (nSPS) is 16.5. The van der Waals surface area contributed by atoms with E-state index in [1.165, 1.54) is 11.1 Å². The van der Waals surface area contributed by atoms with Crippen molar-refractivity contribution < 1.29 is 14.3 Å². The standard InChI is InChI=1S/C19H21NO3/c1-11-8-15-14(10-18(21)20-16(15)9-12(11)2)13-6-5-7-17(22-3)19(13)23-4/h5-9,14H,10H2,1-4H3,(H,20,21). The summed E-state index contributed by atoms with van der Waals surface area (Å²) < 4.78 is 11.0. The molecule has 1 amide bonds. The Kier molecular flexibility index (Phi) is 3.99.